The minimum absolute atomic E-state index is 0.103. The second-order valence-electron chi connectivity index (χ2n) is 6.89. The number of hydrogen-bond acceptors (Lipinski definition) is 3. The molecule has 1 N–H and O–H groups in total. The lowest BCUT2D eigenvalue weighted by Gasteiger charge is -2.29. The number of rotatable bonds is 4. The maximum Gasteiger partial charge on any atom is 0.261 e. The van der Waals surface area contributed by atoms with E-state index in [4.69, 9.17) is 11.6 Å². The predicted molar refractivity (Wildman–Crippen MR) is 114 cm³/mol. The molecule has 29 heavy (non-hydrogen) atoms. The summed E-state index contributed by atoms with van der Waals surface area (Å²) in [5.41, 5.74) is 3.19. The average Bonchev–Trinajstić information content (AvgIpc) is 2.73. The SMILES string of the molecule is O=C(c1cccc(NS(=O)(=O)c2ccc(Cl)cc2)c1)N1CCc2ccccc2C1. The van der Waals surface area contributed by atoms with Gasteiger partial charge < -0.3 is 4.90 Å². The van der Waals surface area contributed by atoms with Gasteiger partial charge >= 0.3 is 0 Å². The molecule has 7 heteroatoms. The van der Waals surface area contributed by atoms with Crippen molar-refractivity contribution in [3.05, 3.63) is 94.5 Å². The number of amides is 1. The zero-order valence-corrected chi connectivity index (χ0v) is 17.1. The quantitative estimate of drug-likeness (QED) is 0.674. The van der Waals surface area contributed by atoms with E-state index in [-0.39, 0.29) is 10.8 Å². The molecule has 0 atom stereocenters. The molecule has 4 rings (SSSR count). The van der Waals surface area contributed by atoms with Crippen LogP contribution in [-0.4, -0.2) is 25.8 Å². The number of anilines is 1. The third kappa shape index (κ3) is 4.28. The van der Waals surface area contributed by atoms with Crippen molar-refractivity contribution >= 4 is 33.2 Å². The molecule has 1 aliphatic heterocycles. The lowest BCUT2D eigenvalue weighted by molar-refractivity contribution is 0.0734. The van der Waals surface area contributed by atoms with E-state index in [1.54, 1.807) is 29.2 Å². The van der Waals surface area contributed by atoms with Gasteiger partial charge in [-0.1, -0.05) is 41.9 Å². The van der Waals surface area contributed by atoms with Crippen molar-refractivity contribution in [1.29, 1.82) is 0 Å². The van der Waals surface area contributed by atoms with Crippen LogP contribution in [0.4, 0.5) is 5.69 Å². The number of carbonyl (C=O) groups excluding carboxylic acids is 1. The predicted octanol–water partition coefficient (Wildman–Crippen LogP) is 4.34. The molecule has 0 saturated carbocycles. The zero-order valence-electron chi connectivity index (χ0n) is 15.5. The van der Waals surface area contributed by atoms with E-state index in [0.29, 0.717) is 29.4 Å². The summed E-state index contributed by atoms with van der Waals surface area (Å²) < 4.78 is 27.7. The number of hydrogen-bond donors (Lipinski definition) is 1. The van der Waals surface area contributed by atoms with Crippen molar-refractivity contribution in [1.82, 2.24) is 4.90 Å². The van der Waals surface area contributed by atoms with Gasteiger partial charge in [-0.2, -0.15) is 0 Å². The summed E-state index contributed by atoms with van der Waals surface area (Å²) in [5, 5.41) is 0.458. The molecule has 5 nitrogen and oxygen atoms in total. The zero-order chi connectivity index (χ0) is 20.4. The fourth-order valence-corrected chi connectivity index (χ4v) is 4.57. The average molecular weight is 427 g/mol. The molecule has 1 aliphatic rings. The van der Waals surface area contributed by atoms with Gasteiger partial charge in [-0.25, -0.2) is 8.42 Å². The first-order valence-electron chi connectivity index (χ1n) is 9.17. The molecule has 1 amide bonds. The normalized spacial score (nSPS) is 13.6. The summed E-state index contributed by atoms with van der Waals surface area (Å²) in [6.45, 7) is 1.19. The van der Waals surface area contributed by atoms with Crippen LogP contribution in [-0.2, 0) is 23.0 Å². The van der Waals surface area contributed by atoms with Crippen LogP contribution < -0.4 is 4.72 Å². The first-order chi connectivity index (χ1) is 13.9. The van der Waals surface area contributed by atoms with Gasteiger partial charge in [-0.3, -0.25) is 9.52 Å². The number of sulfonamides is 1. The third-order valence-electron chi connectivity index (χ3n) is 4.90. The minimum atomic E-state index is -3.77. The molecule has 0 fully saturated rings. The van der Waals surface area contributed by atoms with Crippen molar-refractivity contribution in [3.63, 3.8) is 0 Å². The van der Waals surface area contributed by atoms with Crippen LogP contribution in [0.1, 0.15) is 21.5 Å². The molecule has 0 saturated heterocycles. The van der Waals surface area contributed by atoms with Crippen molar-refractivity contribution in [2.45, 2.75) is 17.9 Å². The molecule has 3 aromatic rings. The smallest absolute Gasteiger partial charge is 0.261 e. The highest BCUT2D eigenvalue weighted by Crippen LogP contribution is 2.23. The Labute approximate surface area is 175 Å². The van der Waals surface area contributed by atoms with E-state index in [1.165, 1.54) is 29.8 Å². The highest BCUT2D eigenvalue weighted by atomic mass is 35.5. The fourth-order valence-electron chi connectivity index (χ4n) is 3.40. The van der Waals surface area contributed by atoms with Crippen LogP contribution in [0.2, 0.25) is 5.02 Å². The Hall–Kier alpha value is -2.83. The molecular formula is C22H19ClN2O3S. The Kier molecular flexibility index (Phi) is 5.30. The van der Waals surface area contributed by atoms with Crippen LogP contribution in [0.5, 0.6) is 0 Å². The van der Waals surface area contributed by atoms with E-state index in [1.807, 2.05) is 18.2 Å². The molecule has 148 valence electrons. The maximum atomic E-state index is 13.0. The Morgan fingerprint density at radius 2 is 1.66 bits per heavy atom. The maximum absolute atomic E-state index is 13.0. The molecule has 1 heterocycles. The van der Waals surface area contributed by atoms with E-state index < -0.39 is 10.0 Å². The summed E-state index contributed by atoms with van der Waals surface area (Å²) in [7, 11) is -3.77. The summed E-state index contributed by atoms with van der Waals surface area (Å²) >= 11 is 5.83. The second kappa shape index (κ2) is 7.89. The molecule has 0 spiro atoms. The number of nitrogens with one attached hydrogen (secondary N) is 1. The van der Waals surface area contributed by atoms with Crippen LogP contribution >= 0.6 is 11.6 Å². The number of nitrogens with zero attached hydrogens (tertiary/aromatic N) is 1. The van der Waals surface area contributed by atoms with Gasteiger partial charge in [-0.15, -0.1) is 0 Å². The molecule has 0 aromatic heterocycles. The van der Waals surface area contributed by atoms with Crippen molar-refractivity contribution in [2.24, 2.45) is 0 Å². The first-order valence-corrected chi connectivity index (χ1v) is 11.0. The van der Waals surface area contributed by atoms with Crippen LogP contribution in [0, 0.1) is 0 Å². The molecule has 0 radical (unpaired) electrons. The van der Waals surface area contributed by atoms with Crippen LogP contribution in [0.15, 0.2) is 77.7 Å². The Balaban J connectivity index is 1.53. The number of halogens is 1. The van der Waals surface area contributed by atoms with Crippen LogP contribution in [0.25, 0.3) is 0 Å². The summed E-state index contributed by atoms with van der Waals surface area (Å²) in [6, 6.07) is 20.6. The molecule has 0 aliphatic carbocycles. The molecule has 0 unspecified atom stereocenters. The Bertz CT molecular complexity index is 1160. The topological polar surface area (TPSA) is 66.5 Å². The Morgan fingerprint density at radius 3 is 2.41 bits per heavy atom. The first kappa shape index (κ1) is 19.5. The van der Waals surface area contributed by atoms with Crippen molar-refractivity contribution < 1.29 is 13.2 Å². The minimum Gasteiger partial charge on any atom is -0.334 e. The van der Waals surface area contributed by atoms with Gasteiger partial charge in [0.2, 0.25) is 0 Å². The van der Waals surface area contributed by atoms with Crippen molar-refractivity contribution in [2.75, 3.05) is 11.3 Å². The van der Waals surface area contributed by atoms with Gasteiger partial charge in [0.1, 0.15) is 0 Å². The summed E-state index contributed by atoms with van der Waals surface area (Å²) in [4.78, 5) is 14.9. The highest BCUT2D eigenvalue weighted by molar-refractivity contribution is 7.92. The lowest BCUT2D eigenvalue weighted by atomic mass is 9.99. The Morgan fingerprint density at radius 1 is 0.931 bits per heavy atom. The number of fused-ring (bicyclic) bond motifs is 1. The van der Waals surface area contributed by atoms with E-state index in [2.05, 4.69) is 10.8 Å². The largest absolute Gasteiger partial charge is 0.334 e. The summed E-state index contributed by atoms with van der Waals surface area (Å²) in [5.74, 6) is -0.118. The summed E-state index contributed by atoms with van der Waals surface area (Å²) in [6.07, 6.45) is 0.810. The lowest BCUT2D eigenvalue weighted by Crippen LogP contribution is -2.35. The highest BCUT2D eigenvalue weighted by Gasteiger charge is 2.22. The van der Waals surface area contributed by atoms with Gasteiger partial charge in [0, 0.05) is 29.4 Å². The standard InChI is InChI=1S/C22H19ClN2O3S/c23-19-8-10-21(11-9-19)29(27,28)24-20-7-3-6-17(14-20)22(26)25-13-12-16-4-1-2-5-18(16)15-25/h1-11,14,24H,12-13,15H2. The van der Waals surface area contributed by atoms with E-state index in [0.717, 1.165) is 12.0 Å². The van der Waals surface area contributed by atoms with E-state index >= 15 is 0 Å². The van der Waals surface area contributed by atoms with Crippen molar-refractivity contribution in [3.8, 4) is 0 Å². The van der Waals surface area contributed by atoms with E-state index in [9.17, 15) is 13.2 Å². The third-order valence-corrected chi connectivity index (χ3v) is 6.55. The molecule has 3 aromatic carbocycles. The van der Waals surface area contributed by atoms with Gasteiger partial charge in [0.25, 0.3) is 15.9 Å². The van der Waals surface area contributed by atoms with Crippen LogP contribution in [0.3, 0.4) is 0 Å². The molecular weight excluding hydrogens is 408 g/mol. The van der Waals surface area contributed by atoms with Gasteiger partial charge in [0.05, 0.1) is 4.90 Å². The van der Waals surface area contributed by atoms with Gasteiger partial charge in [-0.05, 0) is 60.0 Å². The monoisotopic (exact) mass is 426 g/mol. The molecule has 0 bridgehead atoms. The fraction of sp³-hybridized carbons (Fsp3) is 0.136. The van der Waals surface area contributed by atoms with Gasteiger partial charge in [0.15, 0.2) is 0 Å². The number of benzene rings is 3. The number of carbonyl (C=O) groups is 1. The second-order valence-corrected chi connectivity index (χ2v) is 9.00.